The Kier molecular flexibility index (Phi) is 5.60. The van der Waals surface area contributed by atoms with Gasteiger partial charge in [0.2, 0.25) is 0 Å². The van der Waals surface area contributed by atoms with Gasteiger partial charge >= 0.3 is 12.1 Å². The SMILES string of the molecule is CCOC(=O)C1CCCN(CC(C#N)C(F)(F)F)C1. The van der Waals surface area contributed by atoms with Gasteiger partial charge in [0.25, 0.3) is 0 Å². The van der Waals surface area contributed by atoms with Gasteiger partial charge in [-0.15, -0.1) is 0 Å². The van der Waals surface area contributed by atoms with Gasteiger partial charge in [-0.3, -0.25) is 4.79 Å². The molecule has 1 aliphatic rings. The lowest BCUT2D eigenvalue weighted by molar-refractivity contribution is -0.165. The van der Waals surface area contributed by atoms with Crippen LogP contribution in [0.1, 0.15) is 19.8 Å². The minimum Gasteiger partial charge on any atom is -0.466 e. The van der Waals surface area contributed by atoms with Crippen LogP contribution in [-0.4, -0.2) is 43.3 Å². The monoisotopic (exact) mass is 278 g/mol. The summed E-state index contributed by atoms with van der Waals surface area (Å²) < 4.78 is 42.4. The van der Waals surface area contributed by atoms with Crippen molar-refractivity contribution in [2.45, 2.75) is 25.9 Å². The van der Waals surface area contributed by atoms with Gasteiger partial charge < -0.3 is 9.64 Å². The largest absolute Gasteiger partial charge is 0.466 e. The Bertz CT molecular complexity index is 352. The van der Waals surface area contributed by atoms with Gasteiger partial charge in [0, 0.05) is 13.1 Å². The van der Waals surface area contributed by atoms with Crippen molar-refractivity contribution in [2.75, 3.05) is 26.2 Å². The van der Waals surface area contributed by atoms with Crippen LogP contribution >= 0.6 is 0 Å². The molecule has 2 atom stereocenters. The van der Waals surface area contributed by atoms with Crippen molar-refractivity contribution in [2.24, 2.45) is 11.8 Å². The van der Waals surface area contributed by atoms with Gasteiger partial charge in [-0.05, 0) is 26.3 Å². The number of halogens is 3. The highest BCUT2D eigenvalue weighted by atomic mass is 19.4. The van der Waals surface area contributed by atoms with Crippen molar-refractivity contribution >= 4 is 5.97 Å². The minimum atomic E-state index is -4.52. The molecule has 4 nitrogen and oxygen atoms in total. The van der Waals surface area contributed by atoms with Gasteiger partial charge in [-0.1, -0.05) is 0 Å². The fraction of sp³-hybridized carbons (Fsp3) is 0.833. The van der Waals surface area contributed by atoms with Crippen LogP contribution in [0, 0.1) is 23.2 Å². The summed E-state index contributed by atoms with van der Waals surface area (Å²) in [5.74, 6) is -2.76. The molecule has 108 valence electrons. The maximum atomic E-state index is 12.5. The topological polar surface area (TPSA) is 53.3 Å². The van der Waals surface area contributed by atoms with Gasteiger partial charge in [0.1, 0.15) is 0 Å². The molecule has 19 heavy (non-hydrogen) atoms. The molecule has 1 heterocycles. The summed E-state index contributed by atoms with van der Waals surface area (Å²) >= 11 is 0. The third kappa shape index (κ3) is 4.71. The summed E-state index contributed by atoms with van der Waals surface area (Å²) in [7, 11) is 0. The van der Waals surface area contributed by atoms with Gasteiger partial charge in [-0.2, -0.15) is 18.4 Å². The average Bonchev–Trinajstić information content (AvgIpc) is 2.35. The van der Waals surface area contributed by atoms with Crippen LogP contribution in [0.3, 0.4) is 0 Å². The van der Waals surface area contributed by atoms with E-state index in [4.69, 9.17) is 10.00 Å². The maximum Gasteiger partial charge on any atom is 0.405 e. The second kappa shape index (κ2) is 6.75. The van der Waals surface area contributed by atoms with E-state index in [2.05, 4.69) is 0 Å². The number of alkyl halides is 3. The van der Waals surface area contributed by atoms with Crippen LogP contribution in [0.2, 0.25) is 0 Å². The van der Waals surface area contributed by atoms with Gasteiger partial charge in [-0.25, -0.2) is 0 Å². The summed E-state index contributed by atoms with van der Waals surface area (Å²) in [6.45, 7) is 2.28. The van der Waals surface area contributed by atoms with E-state index in [1.807, 2.05) is 0 Å². The highest BCUT2D eigenvalue weighted by Gasteiger charge is 2.41. The lowest BCUT2D eigenvalue weighted by atomic mass is 9.97. The average molecular weight is 278 g/mol. The van der Waals surface area contributed by atoms with E-state index in [1.165, 1.54) is 11.0 Å². The molecule has 0 aliphatic carbocycles. The van der Waals surface area contributed by atoms with E-state index < -0.39 is 12.1 Å². The van der Waals surface area contributed by atoms with E-state index in [9.17, 15) is 18.0 Å². The second-order valence-electron chi connectivity index (χ2n) is 4.57. The van der Waals surface area contributed by atoms with Crippen molar-refractivity contribution in [3.63, 3.8) is 0 Å². The molecule has 0 N–H and O–H groups in total. The predicted octanol–water partition coefficient (Wildman–Crippen LogP) is 1.96. The Balaban J connectivity index is 2.56. The third-order valence-corrected chi connectivity index (χ3v) is 3.12. The Labute approximate surface area is 110 Å². The van der Waals surface area contributed by atoms with E-state index in [0.29, 0.717) is 19.4 Å². The third-order valence-electron chi connectivity index (χ3n) is 3.12. The second-order valence-corrected chi connectivity index (χ2v) is 4.57. The highest BCUT2D eigenvalue weighted by molar-refractivity contribution is 5.72. The van der Waals surface area contributed by atoms with Crippen molar-refractivity contribution in [1.29, 1.82) is 5.26 Å². The zero-order valence-electron chi connectivity index (χ0n) is 10.7. The molecule has 1 rings (SSSR count). The van der Waals surface area contributed by atoms with Gasteiger partial charge in [0.15, 0.2) is 5.92 Å². The molecule has 0 saturated carbocycles. The summed E-state index contributed by atoms with van der Waals surface area (Å²) in [5, 5.41) is 8.56. The van der Waals surface area contributed by atoms with Crippen LogP contribution < -0.4 is 0 Å². The number of likely N-dealkylation sites (tertiary alicyclic amines) is 1. The van der Waals surface area contributed by atoms with E-state index in [0.717, 1.165) is 0 Å². The van der Waals surface area contributed by atoms with Crippen LogP contribution in [0.4, 0.5) is 13.2 Å². The number of ether oxygens (including phenoxy) is 1. The first-order valence-corrected chi connectivity index (χ1v) is 6.23. The molecule has 0 aromatic carbocycles. The van der Waals surface area contributed by atoms with E-state index in [1.54, 1.807) is 6.92 Å². The predicted molar refractivity (Wildman–Crippen MR) is 61.0 cm³/mol. The number of carbonyl (C=O) groups is 1. The molecular weight excluding hydrogens is 261 g/mol. The fourth-order valence-corrected chi connectivity index (χ4v) is 2.15. The molecule has 7 heteroatoms. The summed E-state index contributed by atoms with van der Waals surface area (Å²) in [6.07, 6.45) is -3.26. The first-order valence-electron chi connectivity index (χ1n) is 6.23. The first kappa shape index (κ1) is 15.8. The summed E-state index contributed by atoms with van der Waals surface area (Å²) in [6, 6.07) is 1.28. The molecule has 0 aromatic rings. The number of hydrogen-bond donors (Lipinski definition) is 0. The zero-order valence-corrected chi connectivity index (χ0v) is 10.7. The molecule has 0 radical (unpaired) electrons. The van der Waals surface area contributed by atoms with Gasteiger partial charge in [0.05, 0.1) is 18.6 Å². The number of piperidine rings is 1. The number of hydrogen-bond acceptors (Lipinski definition) is 4. The smallest absolute Gasteiger partial charge is 0.405 e. The summed E-state index contributed by atoms with van der Waals surface area (Å²) in [4.78, 5) is 13.1. The van der Waals surface area contributed by atoms with Crippen LogP contribution in [0.25, 0.3) is 0 Å². The molecule has 0 spiro atoms. The Morgan fingerprint density at radius 3 is 2.79 bits per heavy atom. The molecule has 1 fully saturated rings. The van der Waals surface area contributed by atoms with Crippen LogP contribution in [-0.2, 0) is 9.53 Å². The first-order chi connectivity index (χ1) is 8.88. The lowest BCUT2D eigenvalue weighted by Crippen LogP contribution is -2.44. The van der Waals surface area contributed by atoms with Crippen molar-refractivity contribution < 1.29 is 22.7 Å². The number of nitrogens with zero attached hydrogens (tertiary/aromatic N) is 2. The molecule has 0 amide bonds. The Morgan fingerprint density at radius 1 is 1.58 bits per heavy atom. The number of nitriles is 1. The van der Waals surface area contributed by atoms with Crippen molar-refractivity contribution in [3.05, 3.63) is 0 Å². The van der Waals surface area contributed by atoms with Crippen molar-refractivity contribution in [3.8, 4) is 6.07 Å². The quantitative estimate of drug-likeness (QED) is 0.738. The minimum absolute atomic E-state index is 0.229. The maximum absolute atomic E-state index is 12.5. The molecule has 0 aromatic heterocycles. The fourth-order valence-electron chi connectivity index (χ4n) is 2.15. The Hall–Kier alpha value is -1.29. The zero-order chi connectivity index (χ0) is 14.5. The highest BCUT2D eigenvalue weighted by Crippen LogP contribution is 2.28. The standard InChI is InChI=1S/C12H17F3N2O2/c1-2-19-11(18)9-4-3-5-17(7-9)8-10(6-16)12(13,14)15/h9-10H,2-5,7-8H2,1H3. The molecule has 1 aliphatic heterocycles. The molecule has 0 bridgehead atoms. The van der Waals surface area contributed by atoms with Crippen LogP contribution in [0.5, 0.6) is 0 Å². The summed E-state index contributed by atoms with van der Waals surface area (Å²) in [5.41, 5.74) is 0. The van der Waals surface area contributed by atoms with E-state index >= 15 is 0 Å². The number of carbonyl (C=O) groups excluding carboxylic acids is 1. The molecule has 2 unspecified atom stereocenters. The number of esters is 1. The van der Waals surface area contributed by atoms with Crippen molar-refractivity contribution in [1.82, 2.24) is 4.90 Å². The molecule has 1 saturated heterocycles. The van der Waals surface area contributed by atoms with Crippen LogP contribution in [0.15, 0.2) is 0 Å². The Morgan fingerprint density at radius 2 is 2.26 bits per heavy atom. The molecular formula is C12H17F3N2O2. The number of rotatable bonds is 4. The normalized spacial score (nSPS) is 22.6. The van der Waals surface area contributed by atoms with E-state index in [-0.39, 0.29) is 31.6 Å². The lowest BCUT2D eigenvalue weighted by Gasteiger charge is -2.32.